The van der Waals surface area contributed by atoms with Crippen molar-refractivity contribution < 1.29 is 33.7 Å². The minimum absolute atomic E-state index is 0.0782. The Morgan fingerprint density at radius 2 is 1.97 bits per heavy atom. The molecule has 0 bridgehead atoms. The molecule has 8 rings (SSSR count). The molecule has 3 aromatic rings. The molecule has 63 heavy (non-hydrogen) atoms. The average Bonchev–Trinajstić information content (AvgIpc) is 3.63. The normalized spacial score (nSPS) is 27.0. The second-order valence-corrected chi connectivity index (χ2v) is 20.6. The molecule has 14 heteroatoms. The summed E-state index contributed by atoms with van der Waals surface area (Å²) in [6, 6.07) is 15.6. The largest absolute Gasteiger partial charge is 0.481 e. The Hall–Kier alpha value is -4.47. The van der Waals surface area contributed by atoms with Gasteiger partial charge in [-0.05, 0) is 99.9 Å². The molecule has 0 radical (unpaired) electrons. The number of dihydropyridines is 1. The second-order valence-electron chi connectivity index (χ2n) is 18.1. The Kier molecular flexibility index (Phi) is 13.6. The summed E-state index contributed by atoms with van der Waals surface area (Å²) in [5.41, 5.74) is 9.84. The van der Waals surface area contributed by atoms with Crippen LogP contribution >= 0.6 is 21.6 Å². The molecule has 4 aliphatic heterocycles. The van der Waals surface area contributed by atoms with Crippen LogP contribution in [0.2, 0.25) is 0 Å². The van der Waals surface area contributed by atoms with Gasteiger partial charge in [0.2, 0.25) is 5.91 Å². The van der Waals surface area contributed by atoms with Gasteiger partial charge in [-0.25, -0.2) is 9.59 Å². The smallest absolute Gasteiger partial charge is 0.339 e. The fourth-order valence-corrected chi connectivity index (χ4v) is 12.7. The van der Waals surface area contributed by atoms with E-state index in [9.17, 15) is 24.6 Å². The number of allylic oxidation sites excluding steroid dienone is 2. The van der Waals surface area contributed by atoms with E-state index >= 15 is 0 Å². The zero-order chi connectivity index (χ0) is 44.5. The quantitative estimate of drug-likeness (QED) is 0.0489. The van der Waals surface area contributed by atoms with Crippen LogP contribution < -0.4 is 26.7 Å². The molecule has 1 saturated heterocycles. The number of nitrogens with one attached hydrogen (secondary N) is 2. The number of hydrogen-bond acceptors (Lipinski definition) is 13. The third-order valence-corrected chi connectivity index (χ3v) is 16.2. The van der Waals surface area contributed by atoms with Crippen LogP contribution in [0.4, 0.5) is 0 Å². The summed E-state index contributed by atoms with van der Waals surface area (Å²) >= 11 is 0. The minimum Gasteiger partial charge on any atom is -0.481 e. The Morgan fingerprint density at radius 3 is 2.73 bits per heavy atom. The number of fused-ring (bicyclic) bond motifs is 6. The predicted octanol–water partition coefficient (Wildman–Crippen LogP) is 5.75. The zero-order valence-electron chi connectivity index (χ0n) is 36.6. The number of nitrogens with zero attached hydrogens (tertiary/aromatic N) is 1. The van der Waals surface area contributed by atoms with Crippen LogP contribution in [0.15, 0.2) is 104 Å². The number of aliphatic hydroxyl groups is 2. The monoisotopic (exact) mass is 896 g/mol. The lowest BCUT2D eigenvalue weighted by Crippen LogP contribution is -2.65. The van der Waals surface area contributed by atoms with Gasteiger partial charge in [-0.3, -0.25) is 4.79 Å². The Morgan fingerprint density at radius 1 is 1.16 bits per heavy atom. The lowest BCUT2D eigenvalue weighted by molar-refractivity contribution is -0.186. The van der Waals surface area contributed by atoms with Gasteiger partial charge in [0.25, 0.3) is 0 Å². The first kappa shape index (κ1) is 45.1. The molecule has 0 saturated carbocycles. The standard InChI is InChI=1S/C49H60N4O8S2/c1-5-29(2)46(57)61-48(3)14-13-32-27-62-63-28-40-37(23-51-4)25-53(40)44(56)19-36-24-52-43(50)20-39(36)45(32)49(48)22-35-18-33-17-34(47(58)59-41(33)21-42(35)60-49)15-31(26-54)11-12-38(55)16-30-9-7-6-8-10-30/h5-10,13,17-18,20-21,31,37-38,40,45,51-52,54-55H,11-12,14-16,19,22-28,50H2,1-4H3. The second kappa shape index (κ2) is 18.9. The molecule has 2 aromatic carbocycles. The minimum atomic E-state index is -1.19. The molecule has 1 fully saturated rings. The molecule has 1 aromatic heterocycles. The van der Waals surface area contributed by atoms with E-state index in [0.29, 0.717) is 97.0 Å². The van der Waals surface area contributed by atoms with Crippen LogP contribution in [-0.4, -0.2) is 95.1 Å². The van der Waals surface area contributed by atoms with Crippen LogP contribution in [0.1, 0.15) is 63.1 Å². The number of aliphatic hydroxyl groups excluding tert-OH is 2. The lowest BCUT2D eigenvalue weighted by Gasteiger charge is -2.53. The summed E-state index contributed by atoms with van der Waals surface area (Å²) in [6.07, 6.45) is 8.08. The van der Waals surface area contributed by atoms with Gasteiger partial charge in [0.05, 0.1) is 24.3 Å². The van der Waals surface area contributed by atoms with Gasteiger partial charge in [0, 0.05) is 85.1 Å². The van der Waals surface area contributed by atoms with Crippen LogP contribution in [0.3, 0.4) is 0 Å². The van der Waals surface area contributed by atoms with E-state index in [4.69, 9.17) is 19.6 Å². The summed E-state index contributed by atoms with van der Waals surface area (Å²) < 4.78 is 19.9. The lowest BCUT2D eigenvalue weighted by atomic mass is 9.61. The van der Waals surface area contributed by atoms with Crippen LogP contribution in [0.5, 0.6) is 5.75 Å². The van der Waals surface area contributed by atoms with Gasteiger partial charge >= 0.3 is 11.6 Å². The van der Waals surface area contributed by atoms with Gasteiger partial charge in [0.15, 0.2) is 11.2 Å². The van der Waals surface area contributed by atoms with Crippen molar-refractivity contribution in [3.05, 3.63) is 122 Å². The Bertz CT molecular complexity index is 2410. The summed E-state index contributed by atoms with van der Waals surface area (Å²) in [4.78, 5) is 43.7. The summed E-state index contributed by atoms with van der Waals surface area (Å²) in [7, 11) is 5.50. The van der Waals surface area contributed by atoms with Gasteiger partial charge < -0.3 is 45.4 Å². The number of ether oxygens (including phenoxy) is 2. The summed E-state index contributed by atoms with van der Waals surface area (Å²) in [5, 5.41) is 28.4. The van der Waals surface area contributed by atoms with E-state index in [-0.39, 0.29) is 30.9 Å². The van der Waals surface area contributed by atoms with E-state index < -0.39 is 34.8 Å². The topological polar surface area (TPSA) is 177 Å². The van der Waals surface area contributed by atoms with Crippen molar-refractivity contribution >= 4 is 44.4 Å². The first-order valence-electron chi connectivity index (χ1n) is 22.1. The maximum Gasteiger partial charge on any atom is 0.339 e. The number of hydrogen-bond donors (Lipinski definition) is 5. The third kappa shape index (κ3) is 9.11. The predicted molar refractivity (Wildman–Crippen MR) is 249 cm³/mol. The van der Waals surface area contributed by atoms with Crippen molar-refractivity contribution in [1.82, 2.24) is 15.5 Å². The highest BCUT2D eigenvalue weighted by atomic mass is 33.1. The molecular formula is C49H60N4O8S2. The summed E-state index contributed by atoms with van der Waals surface area (Å²) in [6.45, 7) is 7.32. The van der Waals surface area contributed by atoms with E-state index in [1.165, 1.54) is 0 Å². The molecule has 1 spiro atoms. The van der Waals surface area contributed by atoms with Crippen LogP contribution in [0, 0.1) is 17.8 Å². The van der Waals surface area contributed by atoms with E-state index in [0.717, 1.165) is 40.1 Å². The van der Waals surface area contributed by atoms with Crippen molar-refractivity contribution in [2.24, 2.45) is 23.5 Å². The van der Waals surface area contributed by atoms with Crippen molar-refractivity contribution in [3.8, 4) is 5.75 Å². The zero-order valence-corrected chi connectivity index (χ0v) is 38.2. The molecule has 6 N–H and O–H groups in total. The number of amides is 1. The molecule has 5 aliphatic rings. The van der Waals surface area contributed by atoms with Gasteiger partial charge in [-0.1, -0.05) is 69.6 Å². The highest BCUT2D eigenvalue weighted by Gasteiger charge is 2.64. The Balaban J connectivity index is 1.16. The Labute approximate surface area is 377 Å². The number of esters is 1. The maximum absolute atomic E-state index is 14.2. The number of nitrogens with two attached hydrogens (primary N) is 1. The number of rotatable bonds is 12. The first-order valence-corrected chi connectivity index (χ1v) is 24.6. The first-order chi connectivity index (χ1) is 30.3. The van der Waals surface area contributed by atoms with Gasteiger partial charge in [-0.2, -0.15) is 0 Å². The van der Waals surface area contributed by atoms with Crippen molar-refractivity contribution in [2.75, 3.05) is 44.8 Å². The van der Waals surface area contributed by atoms with E-state index in [1.54, 1.807) is 40.7 Å². The number of benzene rings is 2. The van der Waals surface area contributed by atoms with E-state index in [2.05, 4.69) is 16.7 Å². The van der Waals surface area contributed by atoms with Crippen LogP contribution in [-0.2, 0) is 33.6 Å². The van der Waals surface area contributed by atoms with Crippen molar-refractivity contribution in [3.63, 3.8) is 0 Å². The number of carbonyl (C=O) groups excluding carboxylic acids is 2. The molecule has 336 valence electrons. The van der Waals surface area contributed by atoms with E-state index in [1.807, 2.05) is 74.3 Å². The van der Waals surface area contributed by atoms with Gasteiger partial charge in [-0.15, -0.1) is 0 Å². The molecule has 7 unspecified atom stereocenters. The molecule has 5 heterocycles. The maximum atomic E-state index is 14.2. The highest BCUT2D eigenvalue weighted by molar-refractivity contribution is 8.76. The van der Waals surface area contributed by atoms with Crippen molar-refractivity contribution in [2.45, 2.75) is 89.1 Å². The third-order valence-electron chi connectivity index (χ3n) is 13.9. The molecule has 1 aliphatic carbocycles. The molecule has 1 amide bonds. The molecule has 7 atom stereocenters. The SMILES string of the molecule is CC=C(C)C(=O)OC1(C)CC=C2CSSCC3C(CNC)CN3C(=O)CC3=C(C=C(N)NC3)C2C12Cc1cc3cc(CC(CO)CCC(O)Cc4ccccc4)c(=O)oc3cc1O2. The highest BCUT2D eigenvalue weighted by Crippen LogP contribution is 2.57. The van der Waals surface area contributed by atoms with Gasteiger partial charge in [0.1, 0.15) is 11.3 Å². The molecular weight excluding hydrogens is 837 g/mol. The fourth-order valence-electron chi connectivity index (χ4n) is 10.1. The number of carbonyl (C=O) groups is 2. The van der Waals surface area contributed by atoms with Crippen LogP contribution in [0.25, 0.3) is 11.0 Å². The fraction of sp³-hybridized carbons (Fsp3) is 0.490. The van der Waals surface area contributed by atoms with Crippen molar-refractivity contribution in [1.29, 1.82) is 0 Å². The summed E-state index contributed by atoms with van der Waals surface area (Å²) in [5.74, 6) is 1.83. The molecule has 12 nitrogen and oxygen atoms in total. The average molecular weight is 897 g/mol.